The summed E-state index contributed by atoms with van der Waals surface area (Å²) >= 11 is 0. The number of nitrogens with two attached hydrogens (primary N) is 1. The van der Waals surface area contributed by atoms with Crippen molar-refractivity contribution in [2.75, 3.05) is 32.7 Å². The molecule has 4 fully saturated rings. The highest BCUT2D eigenvalue weighted by Crippen LogP contribution is 2.45. The van der Waals surface area contributed by atoms with E-state index >= 15 is 0 Å². The smallest absolute Gasteiger partial charge is 0.267 e. The van der Waals surface area contributed by atoms with Gasteiger partial charge in [-0.15, -0.1) is 0 Å². The third-order valence-corrected chi connectivity index (χ3v) is 5.69. The van der Waals surface area contributed by atoms with Gasteiger partial charge in [0.15, 0.2) is 0 Å². The summed E-state index contributed by atoms with van der Waals surface area (Å²) in [6.07, 6.45) is 0.526. The highest BCUT2D eigenvalue weighted by atomic mass is 19.3. The molecule has 7 heteroatoms. The second-order valence-corrected chi connectivity index (χ2v) is 7.08. The van der Waals surface area contributed by atoms with E-state index < -0.39 is 12.5 Å². The third kappa shape index (κ3) is 2.35. The minimum atomic E-state index is -2.71. The lowest BCUT2D eigenvalue weighted by atomic mass is 10.1. The van der Waals surface area contributed by atoms with Crippen LogP contribution < -0.4 is 11.1 Å². The number of likely N-dealkylation sites (tertiary alicyclic amines) is 2. The summed E-state index contributed by atoms with van der Waals surface area (Å²) in [5.41, 5.74) is 5.94. The van der Waals surface area contributed by atoms with Crippen molar-refractivity contribution in [2.45, 2.75) is 36.9 Å². The second-order valence-electron chi connectivity index (χ2n) is 7.08. The molecule has 1 saturated carbocycles. The first-order chi connectivity index (χ1) is 9.94. The molecule has 0 aromatic heterocycles. The van der Waals surface area contributed by atoms with Crippen molar-refractivity contribution in [1.29, 1.82) is 0 Å². The molecule has 5 nitrogen and oxygen atoms in total. The highest BCUT2D eigenvalue weighted by molar-refractivity contribution is 5.82. The van der Waals surface area contributed by atoms with E-state index in [1.165, 1.54) is 4.90 Å². The molecule has 3 saturated heterocycles. The first-order valence-electron chi connectivity index (χ1n) is 7.84. The second kappa shape index (κ2) is 4.60. The topological polar surface area (TPSA) is 61.6 Å². The Balaban J connectivity index is 1.31. The fraction of sp³-hybridized carbons (Fsp3) is 0.929. The normalized spacial score (nSPS) is 45.1. The Labute approximate surface area is 122 Å². The van der Waals surface area contributed by atoms with Gasteiger partial charge in [0, 0.05) is 44.7 Å². The number of piperidine rings is 1. The molecule has 3 aliphatic heterocycles. The van der Waals surface area contributed by atoms with Gasteiger partial charge in [0.05, 0.1) is 12.6 Å². The van der Waals surface area contributed by atoms with Crippen molar-refractivity contribution in [1.82, 2.24) is 15.1 Å². The van der Waals surface area contributed by atoms with E-state index in [2.05, 4.69) is 10.2 Å². The van der Waals surface area contributed by atoms with Crippen LogP contribution in [-0.4, -0.2) is 72.5 Å². The molecular weight excluding hydrogens is 278 g/mol. The van der Waals surface area contributed by atoms with Crippen molar-refractivity contribution < 1.29 is 13.6 Å². The number of amides is 1. The average molecular weight is 300 g/mol. The summed E-state index contributed by atoms with van der Waals surface area (Å²) in [7, 11) is 0. The number of alkyl halides is 2. The third-order valence-electron chi connectivity index (χ3n) is 5.69. The lowest BCUT2D eigenvalue weighted by Crippen LogP contribution is -2.43. The standard InChI is InChI=1S/C14H22F2N4O/c15-14(16)1-2-19(7-14)13(21)11-3-8(4-18-11)20-5-9-10(6-20)12(9)17/h8-12,18H,1-7,17H2/t8-,9-,10+,11-,12?/m0/s1. The van der Waals surface area contributed by atoms with Crippen molar-refractivity contribution in [3.05, 3.63) is 0 Å². The lowest BCUT2D eigenvalue weighted by Gasteiger charge is -2.25. The van der Waals surface area contributed by atoms with E-state index in [1.807, 2.05) is 0 Å². The van der Waals surface area contributed by atoms with Crippen LogP contribution in [0.25, 0.3) is 0 Å². The molecule has 0 bridgehead atoms. The summed E-state index contributed by atoms with van der Waals surface area (Å²) < 4.78 is 26.4. The van der Waals surface area contributed by atoms with Crippen molar-refractivity contribution in [3.8, 4) is 0 Å². The molecular formula is C14H22F2N4O. The van der Waals surface area contributed by atoms with Crippen LogP contribution in [0.3, 0.4) is 0 Å². The number of nitrogens with zero attached hydrogens (tertiary/aromatic N) is 2. The van der Waals surface area contributed by atoms with Gasteiger partial charge < -0.3 is 16.0 Å². The molecule has 4 rings (SSSR count). The monoisotopic (exact) mass is 300 g/mol. The molecule has 118 valence electrons. The predicted molar refractivity (Wildman–Crippen MR) is 72.9 cm³/mol. The molecule has 3 N–H and O–H groups in total. The number of nitrogens with one attached hydrogen (secondary N) is 1. The van der Waals surface area contributed by atoms with Crippen molar-refractivity contribution in [2.24, 2.45) is 17.6 Å². The molecule has 1 unspecified atom stereocenters. The van der Waals surface area contributed by atoms with Crippen LogP contribution in [0.2, 0.25) is 0 Å². The quantitative estimate of drug-likeness (QED) is 0.720. The van der Waals surface area contributed by atoms with Crippen LogP contribution >= 0.6 is 0 Å². The van der Waals surface area contributed by atoms with Crippen LogP contribution in [0.1, 0.15) is 12.8 Å². The number of carbonyl (C=O) groups is 1. The maximum absolute atomic E-state index is 13.2. The summed E-state index contributed by atoms with van der Waals surface area (Å²) in [5.74, 6) is -1.59. The number of halogens is 2. The zero-order chi connectivity index (χ0) is 14.8. The minimum absolute atomic E-state index is 0.157. The highest BCUT2D eigenvalue weighted by Gasteiger charge is 2.55. The molecule has 4 aliphatic rings. The Morgan fingerprint density at radius 2 is 2.00 bits per heavy atom. The van der Waals surface area contributed by atoms with Crippen LogP contribution in [0.15, 0.2) is 0 Å². The van der Waals surface area contributed by atoms with E-state index in [4.69, 9.17) is 5.73 Å². The van der Waals surface area contributed by atoms with Gasteiger partial charge >= 0.3 is 0 Å². The van der Waals surface area contributed by atoms with E-state index in [-0.39, 0.29) is 24.9 Å². The SMILES string of the molecule is NC1[C@H]2CN([C@@H]3CN[C@H](C(=O)N4CCC(F)(F)C4)C3)C[C@@H]12. The van der Waals surface area contributed by atoms with Gasteiger partial charge in [-0.25, -0.2) is 8.78 Å². The van der Waals surface area contributed by atoms with Crippen molar-refractivity contribution in [3.63, 3.8) is 0 Å². The van der Waals surface area contributed by atoms with Crippen molar-refractivity contribution >= 4 is 5.91 Å². The molecule has 0 radical (unpaired) electrons. The summed E-state index contributed by atoms with van der Waals surface area (Å²) in [6.45, 7) is 2.59. The summed E-state index contributed by atoms with van der Waals surface area (Å²) in [6, 6.07) is 0.427. The van der Waals surface area contributed by atoms with E-state index in [0.717, 1.165) is 26.1 Å². The molecule has 1 amide bonds. The van der Waals surface area contributed by atoms with Crippen LogP contribution in [0.5, 0.6) is 0 Å². The zero-order valence-corrected chi connectivity index (χ0v) is 12.0. The number of hydrogen-bond donors (Lipinski definition) is 2. The molecule has 3 heterocycles. The molecule has 21 heavy (non-hydrogen) atoms. The Hall–Kier alpha value is -0.790. The van der Waals surface area contributed by atoms with E-state index in [0.29, 0.717) is 23.9 Å². The van der Waals surface area contributed by atoms with Gasteiger partial charge in [0.1, 0.15) is 0 Å². The van der Waals surface area contributed by atoms with Gasteiger partial charge in [0.25, 0.3) is 5.92 Å². The molecule has 5 atom stereocenters. The molecule has 0 aromatic rings. The first kappa shape index (κ1) is 13.8. The molecule has 1 aliphatic carbocycles. The van der Waals surface area contributed by atoms with Gasteiger partial charge in [0.2, 0.25) is 5.91 Å². The van der Waals surface area contributed by atoms with Crippen LogP contribution in [-0.2, 0) is 4.79 Å². The maximum Gasteiger partial charge on any atom is 0.267 e. The van der Waals surface area contributed by atoms with Gasteiger partial charge in [-0.3, -0.25) is 9.69 Å². The van der Waals surface area contributed by atoms with E-state index in [9.17, 15) is 13.6 Å². The fourth-order valence-electron chi connectivity index (χ4n) is 4.23. The average Bonchev–Trinajstić information content (AvgIpc) is 2.96. The minimum Gasteiger partial charge on any atom is -0.335 e. The predicted octanol–water partition coefficient (Wildman–Crippen LogP) is -0.527. The van der Waals surface area contributed by atoms with Gasteiger partial charge in [-0.05, 0) is 18.3 Å². The summed E-state index contributed by atoms with van der Waals surface area (Å²) in [5, 5.41) is 3.22. The molecule has 0 spiro atoms. The van der Waals surface area contributed by atoms with Gasteiger partial charge in [-0.2, -0.15) is 0 Å². The Kier molecular flexibility index (Phi) is 3.03. The number of fused-ring (bicyclic) bond motifs is 1. The first-order valence-corrected chi connectivity index (χ1v) is 7.84. The Bertz CT molecular complexity index is 448. The van der Waals surface area contributed by atoms with E-state index in [1.54, 1.807) is 0 Å². The lowest BCUT2D eigenvalue weighted by molar-refractivity contribution is -0.133. The number of carbonyl (C=O) groups excluding carboxylic acids is 1. The van der Waals surface area contributed by atoms with Gasteiger partial charge in [-0.1, -0.05) is 0 Å². The number of rotatable bonds is 2. The Morgan fingerprint density at radius 1 is 1.29 bits per heavy atom. The largest absolute Gasteiger partial charge is 0.335 e. The summed E-state index contributed by atoms with van der Waals surface area (Å²) in [4.78, 5) is 16.0. The maximum atomic E-state index is 13.2. The van der Waals surface area contributed by atoms with Crippen LogP contribution in [0.4, 0.5) is 8.78 Å². The number of hydrogen-bond acceptors (Lipinski definition) is 4. The fourth-order valence-corrected chi connectivity index (χ4v) is 4.23. The zero-order valence-electron chi connectivity index (χ0n) is 12.0. The van der Waals surface area contributed by atoms with Crippen LogP contribution in [0, 0.1) is 11.8 Å². The Morgan fingerprint density at radius 3 is 2.62 bits per heavy atom. The molecule has 0 aromatic carbocycles.